The van der Waals surface area contributed by atoms with E-state index in [2.05, 4.69) is 12.0 Å². The van der Waals surface area contributed by atoms with E-state index in [1.54, 1.807) is 24.3 Å². The van der Waals surface area contributed by atoms with Crippen LogP contribution in [0.15, 0.2) is 71.6 Å². The van der Waals surface area contributed by atoms with Crippen molar-refractivity contribution in [2.24, 2.45) is 0 Å². The van der Waals surface area contributed by atoms with Crippen LogP contribution in [0.4, 0.5) is 0 Å². The molecule has 4 heteroatoms. The molecular formula is C20H17NO2S. The first-order valence-corrected chi connectivity index (χ1v) is 8.97. The Bertz CT molecular complexity index is 1040. The number of benzene rings is 3. The summed E-state index contributed by atoms with van der Waals surface area (Å²) in [7, 11) is -2.15. The standard InChI is InChI=1S/C20H17NO2S/c1-16-7-11-20(12-8-16)24(22,23)21(2)14-13-17-9-10-18-5-3-4-6-19(18)15-17/h3-12,15H,1-2H3. The average Bonchev–Trinajstić information content (AvgIpc) is 2.59. The summed E-state index contributed by atoms with van der Waals surface area (Å²) in [5.74, 6) is 2.92. The van der Waals surface area contributed by atoms with Gasteiger partial charge < -0.3 is 0 Å². The minimum absolute atomic E-state index is 0.239. The van der Waals surface area contributed by atoms with Gasteiger partial charge in [-0.05, 0) is 47.9 Å². The van der Waals surface area contributed by atoms with E-state index in [1.807, 2.05) is 49.4 Å². The summed E-state index contributed by atoms with van der Waals surface area (Å²) in [6, 6.07) is 23.3. The third-order valence-corrected chi connectivity index (χ3v) is 5.47. The van der Waals surface area contributed by atoms with Gasteiger partial charge in [0.15, 0.2) is 0 Å². The van der Waals surface area contributed by atoms with Crippen LogP contribution in [0.5, 0.6) is 0 Å². The van der Waals surface area contributed by atoms with E-state index in [9.17, 15) is 8.42 Å². The molecule has 0 bridgehead atoms. The Hall–Kier alpha value is -2.77. The summed E-state index contributed by atoms with van der Waals surface area (Å²) < 4.78 is 26.1. The molecule has 0 unspecified atom stereocenters. The fraction of sp³-hybridized carbons (Fsp3) is 0.100. The van der Waals surface area contributed by atoms with E-state index in [4.69, 9.17) is 0 Å². The molecule has 0 heterocycles. The van der Waals surface area contributed by atoms with E-state index in [-0.39, 0.29) is 4.90 Å². The number of hydrogen-bond donors (Lipinski definition) is 0. The highest BCUT2D eigenvalue weighted by molar-refractivity contribution is 7.89. The van der Waals surface area contributed by atoms with E-state index in [0.29, 0.717) is 0 Å². The summed E-state index contributed by atoms with van der Waals surface area (Å²) in [6.45, 7) is 1.92. The van der Waals surface area contributed by atoms with Crippen molar-refractivity contribution in [2.45, 2.75) is 11.8 Å². The fourth-order valence-electron chi connectivity index (χ4n) is 2.34. The third kappa shape index (κ3) is 3.27. The van der Waals surface area contributed by atoms with Crippen LogP contribution < -0.4 is 0 Å². The molecule has 0 aliphatic carbocycles. The van der Waals surface area contributed by atoms with Crippen molar-refractivity contribution in [3.63, 3.8) is 0 Å². The van der Waals surface area contributed by atoms with Gasteiger partial charge in [0.1, 0.15) is 0 Å². The van der Waals surface area contributed by atoms with Crippen molar-refractivity contribution in [1.29, 1.82) is 0 Å². The Kier molecular flexibility index (Phi) is 4.28. The monoisotopic (exact) mass is 335 g/mol. The molecular weight excluding hydrogens is 318 g/mol. The minimum atomic E-state index is -3.61. The summed E-state index contributed by atoms with van der Waals surface area (Å²) in [5, 5.41) is 2.21. The van der Waals surface area contributed by atoms with Crippen LogP contribution >= 0.6 is 0 Å². The van der Waals surface area contributed by atoms with Gasteiger partial charge in [-0.15, -0.1) is 0 Å². The van der Waals surface area contributed by atoms with Crippen LogP contribution in [0, 0.1) is 18.9 Å². The number of nitrogens with zero attached hydrogens (tertiary/aromatic N) is 1. The van der Waals surface area contributed by atoms with E-state index in [0.717, 1.165) is 26.2 Å². The number of sulfonamides is 1. The quantitative estimate of drug-likeness (QED) is 0.528. The smallest absolute Gasteiger partial charge is 0.227 e. The summed E-state index contributed by atoms with van der Waals surface area (Å²) in [6.07, 6.45) is 0. The van der Waals surface area contributed by atoms with Crippen LogP contribution in [0.1, 0.15) is 11.1 Å². The molecule has 0 amide bonds. The number of fused-ring (bicyclic) bond motifs is 1. The second-order valence-electron chi connectivity index (χ2n) is 5.58. The molecule has 0 atom stereocenters. The maximum absolute atomic E-state index is 12.5. The first-order chi connectivity index (χ1) is 11.5. The molecule has 0 N–H and O–H groups in total. The number of rotatable bonds is 2. The molecule has 0 aromatic heterocycles. The predicted molar refractivity (Wildman–Crippen MR) is 97.0 cm³/mol. The Morgan fingerprint density at radius 2 is 1.54 bits per heavy atom. The molecule has 0 radical (unpaired) electrons. The van der Waals surface area contributed by atoms with Crippen LogP contribution in [-0.2, 0) is 10.0 Å². The first-order valence-electron chi connectivity index (χ1n) is 7.53. The van der Waals surface area contributed by atoms with Crippen molar-refractivity contribution >= 4 is 20.8 Å². The van der Waals surface area contributed by atoms with Gasteiger partial charge in [-0.3, -0.25) is 0 Å². The number of hydrogen-bond acceptors (Lipinski definition) is 2. The lowest BCUT2D eigenvalue weighted by atomic mass is 10.1. The van der Waals surface area contributed by atoms with Gasteiger partial charge >= 0.3 is 0 Å². The van der Waals surface area contributed by atoms with Crippen molar-refractivity contribution in [3.8, 4) is 12.0 Å². The Morgan fingerprint density at radius 1 is 0.875 bits per heavy atom. The normalized spacial score (nSPS) is 10.9. The van der Waals surface area contributed by atoms with Gasteiger partial charge in [0.2, 0.25) is 0 Å². The van der Waals surface area contributed by atoms with Gasteiger partial charge in [0.05, 0.1) is 4.90 Å². The van der Waals surface area contributed by atoms with Gasteiger partial charge in [0.25, 0.3) is 10.0 Å². The van der Waals surface area contributed by atoms with E-state index < -0.39 is 10.0 Å². The zero-order chi connectivity index (χ0) is 17.2. The predicted octanol–water partition coefficient (Wildman–Crippen LogP) is 3.78. The molecule has 0 saturated heterocycles. The summed E-state index contributed by atoms with van der Waals surface area (Å²) in [5.41, 5.74) is 1.79. The van der Waals surface area contributed by atoms with Gasteiger partial charge in [-0.25, -0.2) is 12.7 Å². The average molecular weight is 335 g/mol. The SMILES string of the molecule is Cc1ccc(S(=O)(=O)N(C)C#Cc2ccc3ccccc3c2)cc1. The highest BCUT2D eigenvalue weighted by Gasteiger charge is 2.17. The highest BCUT2D eigenvalue weighted by Crippen LogP contribution is 2.16. The van der Waals surface area contributed by atoms with Crippen molar-refractivity contribution in [2.75, 3.05) is 7.05 Å². The molecule has 24 heavy (non-hydrogen) atoms. The maximum Gasteiger partial charge on any atom is 0.270 e. The Morgan fingerprint density at radius 3 is 2.25 bits per heavy atom. The maximum atomic E-state index is 12.5. The lowest BCUT2D eigenvalue weighted by molar-refractivity contribution is 0.547. The molecule has 3 aromatic carbocycles. The fourth-order valence-corrected chi connectivity index (χ4v) is 3.30. The molecule has 0 aliphatic heterocycles. The van der Waals surface area contributed by atoms with E-state index >= 15 is 0 Å². The lowest BCUT2D eigenvalue weighted by Gasteiger charge is -2.12. The Labute approximate surface area is 142 Å². The minimum Gasteiger partial charge on any atom is -0.227 e. The zero-order valence-corrected chi connectivity index (χ0v) is 14.3. The lowest BCUT2D eigenvalue weighted by Crippen LogP contribution is -2.22. The van der Waals surface area contributed by atoms with E-state index in [1.165, 1.54) is 7.05 Å². The van der Waals surface area contributed by atoms with Crippen LogP contribution in [0.3, 0.4) is 0 Å². The first kappa shape index (κ1) is 16.1. The Balaban J connectivity index is 1.89. The highest BCUT2D eigenvalue weighted by atomic mass is 32.2. The molecule has 0 aliphatic rings. The second-order valence-corrected chi connectivity index (χ2v) is 7.55. The summed E-state index contributed by atoms with van der Waals surface area (Å²) in [4.78, 5) is 0.239. The second kappa shape index (κ2) is 6.38. The molecule has 0 fully saturated rings. The van der Waals surface area contributed by atoms with Gasteiger partial charge in [-0.2, -0.15) is 0 Å². The van der Waals surface area contributed by atoms with Crippen molar-refractivity contribution < 1.29 is 8.42 Å². The number of aryl methyl sites for hydroxylation is 1. The van der Waals surface area contributed by atoms with Crippen LogP contribution in [0.25, 0.3) is 10.8 Å². The van der Waals surface area contributed by atoms with Gasteiger partial charge in [0, 0.05) is 18.7 Å². The largest absolute Gasteiger partial charge is 0.270 e. The van der Waals surface area contributed by atoms with Crippen molar-refractivity contribution in [1.82, 2.24) is 4.31 Å². The topological polar surface area (TPSA) is 37.4 Å². The molecule has 3 aromatic rings. The molecule has 120 valence electrons. The summed E-state index contributed by atoms with van der Waals surface area (Å²) >= 11 is 0. The van der Waals surface area contributed by atoms with Gasteiger partial charge in [-0.1, -0.05) is 48.0 Å². The van der Waals surface area contributed by atoms with Crippen LogP contribution in [-0.4, -0.2) is 19.8 Å². The third-order valence-electron chi connectivity index (χ3n) is 3.79. The van der Waals surface area contributed by atoms with Crippen LogP contribution in [0.2, 0.25) is 0 Å². The molecule has 3 rings (SSSR count). The van der Waals surface area contributed by atoms with Crippen molar-refractivity contribution in [3.05, 3.63) is 77.9 Å². The molecule has 3 nitrogen and oxygen atoms in total. The molecule has 0 saturated carbocycles. The molecule has 0 spiro atoms. The zero-order valence-electron chi connectivity index (χ0n) is 13.5.